The number of anilines is 3. The van der Waals surface area contributed by atoms with Crippen LogP contribution in [0.15, 0.2) is 191 Å². The van der Waals surface area contributed by atoms with E-state index in [0.29, 0.717) is 5.89 Å². The van der Waals surface area contributed by atoms with Crippen molar-refractivity contribution in [3.63, 3.8) is 0 Å². The first-order valence-corrected chi connectivity index (χ1v) is 18.8. The van der Waals surface area contributed by atoms with Crippen molar-refractivity contribution < 1.29 is 8.83 Å². The number of fused-ring (bicyclic) bond motifs is 8. The van der Waals surface area contributed by atoms with E-state index < -0.39 is 0 Å². The standard InChI is InChI=1S/C49H30N2O2S/c1-3-9-31(10-4-1)32-15-20-36(21-16-32)51(38-24-25-40-39-13-7-8-14-45(39)54-46(40)30-38)37-22-17-33(18-23-37)35-19-27-43-41(29-35)47-44(52-43)28-26-42-48(47)53-49(50-42)34-11-5-2-6-12-34/h1-30H. The Hall–Kier alpha value is -6.95. The van der Waals surface area contributed by atoms with Gasteiger partial charge in [0.15, 0.2) is 5.58 Å². The van der Waals surface area contributed by atoms with Crippen LogP contribution in [0, 0.1) is 0 Å². The summed E-state index contributed by atoms with van der Waals surface area (Å²) in [5, 5.41) is 4.53. The van der Waals surface area contributed by atoms with E-state index in [4.69, 9.17) is 13.8 Å². The summed E-state index contributed by atoms with van der Waals surface area (Å²) >= 11 is 1.84. The summed E-state index contributed by atoms with van der Waals surface area (Å²) in [6, 6.07) is 64.1. The van der Waals surface area contributed by atoms with Crippen molar-refractivity contribution in [3.8, 4) is 33.7 Å². The Morgan fingerprint density at radius 3 is 1.76 bits per heavy atom. The van der Waals surface area contributed by atoms with Crippen molar-refractivity contribution in [3.05, 3.63) is 182 Å². The number of aromatic nitrogens is 1. The Morgan fingerprint density at radius 2 is 1.00 bits per heavy atom. The quantitative estimate of drug-likeness (QED) is 0.172. The van der Waals surface area contributed by atoms with Crippen molar-refractivity contribution in [2.75, 3.05) is 4.90 Å². The molecule has 3 heterocycles. The molecule has 0 unspecified atom stereocenters. The van der Waals surface area contributed by atoms with Crippen molar-refractivity contribution in [1.29, 1.82) is 0 Å². The van der Waals surface area contributed by atoms with E-state index in [1.165, 1.54) is 31.3 Å². The molecule has 0 aliphatic heterocycles. The monoisotopic (exact) mass is 710 g/mol. The van der Waals surface area contributed by atoms with Gasteiger partial charge >= 0.3 is 0 Å². The zero-order chi connectivity index (χ0) is 35.6. The van der Waals surface area contributed by atoms with Gasteiger partial charge in [-0.05, 0) is 101 Å². The van der Waals surface area contributed by atoms with E-state index in [0.717, 1.165) is 66.8 Å². The van der Waals surface area contributed by atoms with Crippen LogP contribution in [0.3, 0.4) is 0 Å². The van der Waals surface area contributed by atoms with Crippen LogP contribution in [0.1, 0.15) is 0 Å². The van der Waals surface area contributed by atoms with Crippen LogP contribution >= 0.6 is 11.3 Å². The van der Waals surface area contributed by atoms with Gasteiger partial charge in [0.1, 0.15) is 16.7 Å². The number of hydrogen-bond donors (Lipinski definition) is 0. The van der Waals surface area contributed by atoms with Gasteiger partial charge in [0.2, 0.25) is 5.89 Å². The second kappa shape index (κ2) is 12.3. The molecule has 0 saturated heterocycles. The molecular weight excluding hydrogens is 681 g/mol. The average Bonchev–Trinajstić information content (AvgIpc) is 3.95. The smallest absolute Gasteiger partial charge is 0.227 e. The summed E-state index contributed by atoms with van der Waals surface area (Å²) < 4.78 is 15.3. The molecule has 0 aliphatic carbocycles. The molecular formula is C49H30N2O2S. The van der Waals surface area contributed by atoms with Gasteiger partial charge < -0.3 is 13.7 Å². The maximum atomic E-state index is 6.41. The minimum Gasteiger partial charge on any atom is -0.456 e. The SMILES string of the molecule is c1ccc(-c2ccc(N(c3ccc(-c4ccc5oc6ccc7nc(-c8ccccc8)oc7c6c5c4)cc3)c3ccc4c(c3)sc3ccccc34)cc2)cc1. The topological polar surface area (TPSA) is 42.4 Å². The van der Waals surface area contributed by atoms with E-state index in [1.54, 1.807) is 0 Å². The lowest BCUT2D eigenvalue weighted by Crippen LogP contribution is -2.09. The molecule has 54 heavy (non-hydrogen) atoms. The van der Waals surface area contributed by atoms with Crippen LogP contribution in [0.5, 0.6) is 0 Å². The summed E-state index contributed by atoms with van der Waals surface area (Å²) in [4.78, 5) is 7.16. The first kappa shape index (κ1) is 30.7. The van der Waals surface area contributed by atoms with Gasteiger partial charge in [-0.25, -0.2) is 4.98 Å². The van der Waals surface area contributed by atoms with E-state index in [2.05, 4.69) is 144 Å². The first-order chi connectivity index (χ1) is 26.7. The van der Waals surface area contributed by atoms with Crippen LogP contribution < -0.4 is 4.90 Å². The molecule has 11 aromatic rings. The Kier molecular flexibility index (Phi) is 7.00. The number of benzene rings is 8. The molecule has 0 fully saturated rings. The van der Waals surface area contributed by atoms with Crippen molar-refractivity contribution >= 4 is 81.6 Å². The number of nitrogens with zero attached hydrogens (tertiary/aromatic N) is 2. The second-order valence-corrected chi connectivity index (χ2v) is 14.6. The van der Waals surface area contributed by atoms with E-state index >= 15 is 0 Å². The van der Waals surface area contributed by atoms with Gasteiger partial charge in [-0.3, -0.25) is 0 Å². The van der Waals surface area contributed by atoms with Gasteiger partial charge in [0.05, 0.1) is 5.39 Å². The number of hydrogen-bond acceptors (Lipinski definition) is 5. The summed E-state index contributed by atoms with van der Waals surface area (Å²) in [6.45, 7) is 0. The van der Waals surface area contributed by atoms with Crippen LogP contribution in [0.25, 0.3) is 86.9 Å². The zero-order valence-electron chi connectivity index (χ0n) is 28.9. The number of rotatable bonds is 6. The van der Waals surface area contributed by atoms with Crippen molar-refractivity contribution in [2.24, 2.45) is 0 Å². The normalized spacial score (nSPS) is 11.7. The van der Waals surface area contributed by atoms with Gasteiger partial charge in [-0.1, -0.05) is 103 Å². The highest BCUT2D eigenvalue weighted by molar-refractivity contribution is 7.25. The lowest BCUT2D eigenvalue weighted by molar-refractivity contribution is 0.622. The molecule has 0 amide bonds. The van der Waals surface area contributed by atoms with Gasteiger partial charge in [-0.2, -0.15) is 0 Å². The Labute approximate surface area is 314 Å². The molecule has 0 N–H and O–H groups in total. The van der Waals surface area contributed by atoms with E-state index in [1.807, 2.05) is 53.8 Å². The van der Waals surface area contributed by atoms with Gasteiger partial charge in [-0.15, -0.1) is 11.3 Å². The molecule has 0 saturated carbocycles. The third-order valence-electron chi connectivity index (χ3n) is 10.3. The molecule has 5 heteroatoms. The molecule has 0 spiro atoms. The number of thiophene rings is 1. The highest BCUT2D eigenvalue weighted by Crippen LogP contribution is 2.42. The first-order valence-electron chi connectivity index (χ1n) is 18.0. The molecule has 254 valence electrons. The predicted molar refractivity (Wildman–Crippen MR) is 225 cm³/mol. The molecule has 0 aliphatic rings. The maximum absolute atomic E-state index is 6.41. The van der Waals surface area contributed by atoms with Crippen LogP contribution in [0.4, 0.5) is 17.1 Å². The third kappa shape index (κ3) is 5.09. The van der Waals surface area contributed by atoms with E-state index in [9.17, 15) is 0 Å². The molecule has 0 bridgehead atoms. The fraction of sp³-hybridized carbons (Fsp3) is 0. The molecule has 4 nitrogen and oxygen atoms in total. The van der Waals surface area contributed by atoms with Crippen molar-refractivity contribution in [2.45, 2.75) is 0 Å². The van der Waals surface area contributed by atoms with Gasteiger partial charge in [0.25, 0.3) is 0 Å². The molecule has 3 aromatic heterocycles. The van der Waals surface area contributed by atoms with Crippen LogP contribution in [-0.4, -0.2) is 4.98 Å². The fourth-order valence-electron chi connectivity index (χ4n) is 7.67. The Balaban J connectivity index is 1.00. The molecule has 8 aromatic carbocycles. The molecule has 0 atom stereocenters. The maximum Gasteiger partial charge on any atom is 0.227 e. The van der Waals surface area contributed by atoms with E-state index in [-0.39, 0.29) is 0 Å². The number of furan rings is 1. The van der Waals surface area contributed by atoms with Gasteiger partial charge in [0, 0.05) is 48.2 Å². The minimum atomic E-state index is 0.602. The highest BCUT2D eigenvalue weighted by Gasteiger charge is 2.19. The summed E-state index contributed by atoms with van der Waals surface area (Å²) in [5.41, 5.74) is 12.0. The lowest BCUT2D eigenvalue weighted by atomic mass is 10.0. The van der Waals surface area contributed by atoms with Crippen LogP contribution in [-0.2, 0) is 0 Å². The highest BCUT2D eigenvalue weighted by atomic mass is 32.1. The Morgan fingerprint density at radius 1 is 0.407 bits per heavy atom. The van der Waals surface area contributed by atoms with Crippen molar-refractivity contribution in [1.82, 2.24) is 4.98 Å². The molecule has 11 rings (SSSR count). The summed E-state index contributed by atoms with van der Waals surface area (Å²) in [5.74, 6) is 0.602. The Bertz CT molecular complexity index is 3140. The number of oxazole rings is 1. The lowest BCUT2D eigenvalue weighted by Gasteiger charge is -2.26. The largest absolute Gasteiger partial charge is 0.456 e. The third-order valence-corrected chi connectivity index (χ3v) is 11.5. The average molecular weight is 711 g/mol. The fourth-order valence-corrected chi connectivity index (χ4v) is 8.81. The van der Waals surface area contributed by atoms with Crippen LogP contribution in [0.2, 0.25) is 0 Å². The zero-order valence-corrected chi connectivity index (χ0v) is 29.8. The summed E-state index contributed by atoms with van der Waals surface area (Å²) in [6.07, 6.45) is 0. The summed E-state index contributed by atoms with van der Waals surface area (Å²) in [7, 11) is 0. The predicted octanol–water partition coefficient (Wildman–Crippen LogP) is 14.6. The second-order valence-electron chi connectivity index (χ2n) is 13.6. The minimum absolute atomic E-state index is 0.602. The molecule has 0 radical (unpaired) electrons.